The van der Waals surface area contributed by atoms with Crippen molar-refractivity contribution >= 4 is 65.1 Å². The lowest BCUT2D eigenvalue weighted by Gasteiger charge is -2.33. The first-order valence-electron chi connectivity index (χ1n) is 5.68. The number of hydrogen-bond acceptors (Lipinski definition) is 3. The first-order chi connectivity index (χ1) is 9.37. The van der Waals surface area contributed by atoms with Crippen molar-refractivity contribution in [1.82, 2.24) is 4.31 Å². The Morgan fingerprint density at radius 1 is 1.35 bits per heavy atom. The van der Waals surface area contributed by atoms with Crippen LogP contribution in [-0.2, 0) is 14.8 Å². The van der Waals surface area contributed by atoms with Gasteiger partial charge in [0.1, 0.15) is 4.90 Å². The van der Waals surface area contributed by atoms with E-state index >= 15 is 0 Å². The molecule has 1 unspecified atom stereocenters. The number of rotatable bonds is 3. The van der Waals surface area contributed by atoms with Gasteiger partial charge in [0.05, 0.1) is 29.3 Å². The Bertz CT molecular complexity index is 589. The van der Waals surface area contributed by atoms with Gasteiger partial charge in [0.25, 0.3) is 0 Å². The zero-order valence-corrected chi connectivity index (χ0v) is 15.7. The van der Waals surface area contributed by atoms with Gasteiger partial charge >= 0.3 is 0 Å². The highest BCUT2D eigenvalue weighted by molar-refractivity contribution is 9.10. The molecule has 20 heavy (non-hydrogen) atoms. The normalized spacial score (nSPS) is 21.1. The smallest absolute Gasteiger partial charge is 0.246 e. The molecule has 1 aromatic carbocycles. The largest absolute Gasteiger partial charge is 0.378 e. The lowest BCUT2D eigenvalue weighted by atomic mass is 10.3. The van der Waals surface area contributed by atoms with Gasteiger partial charge in [0, 0.05) is 16.3 Å². The summed E-state index contributed by atoms with van der Waals surface area (Å²) in [5.74, 6) is 0. The second-order valence-corrected chi connectivity index (χ2v) is 8.40. The maximum absolute atomic E-state index is 12.8. The zero-order chi connectivity index (χ0) is 14.9. The van der Waals surface area contributed by atoms with E-state index in [9.17, 15) is 8.42 Å². The quantitative estimate of drug-likeness (QED) is 0.639. The van der Waals surface area contributed by atoms with Crippen LogP contribution in [-0.4, -0.2) is 43.9 Å². The van der Waals surface area contributed by atoms with Crippen molar-refractivity contribution in [3.63, 3.8) is 0 Å². The van der Waals surface area contributed by atoms with E-state index in [-0.39, 0.29) is 27.5 Å². The molecule has 0 saturated carbocycles. The Labute approximate surface area is 144 Å². The monoisotopic (exact) mass is 465 g/mol. The summed E-state index contributed by atoms with van der Waals surface area (Å²) < 4.78 is 32.9. The van der Waals surface area contributed by atoms with Gasteiger partial charge in [-0.25, -0.2) is 8.42 Å². The molecule has 0 spiro atoms. The second kappa shape index (κ2) is 6.81. The molecule has 9 heteroatoms. The molecule has 0 aromatic heterocycles. The Morgan fingerprint density at radius 2 is 1.95 bits per heavy atom. The predicted octanol–water partition coefficient (Wildman–Crippen LogP) is 3.54. The van der Waals surface area contributed by atoms with Gasteiger partial charge in [-0.05, 0) is 12.1 Å². The summed E-state index contributed by atoms with van der Waals surface area (Å²) in [5.41, 5.74) is 0. The van der Waals surface area contributed by atoms with Crippen LogP contribution < -0.4 is 0 Å². The average Bonchev–Trinajstić information content (AvgIpc) is 2.37. The number of hydrogen-bond donors (Lipinski definition) is 0. The van der Waals surface area contributed by atoms with Crippen LogP contribution in [0, 0.1) is 0 Å². The van der Waals surface area contributed by atoms with Crippen LogP contribution in [0.25, 0.3) is 0 Å². The standard InChI is InChI=1S/C11H11Br2Cl2NO3S/c12-5-8-6-19-2-1-16(8)20(17,18)11-9(14)3-7(13)4-10(11)15/h3-4,8H,1-2,5-6H2. The molecule has 4 nitrogen and oxygen atoms in total. The summed E-state index contributed by atoms with van der Waals surface area (Å²) in [6, 6.07) is 2.76. The highest BCUT2D eigenvalue weighted by atomic mass is 79.9. The van der Waals surface area contributed by atoms with Crippen LogP contribution >= 0.6 is 55.1 Å². The first-order valence-corrected chi connectivity index (χ1v) is 9.79. The number of ether oxygens (including phenoxy) is 1. The van der Waals surface area contributed by atoms with Crippen molar-refractivity contribution in [2.45, 2.75) is 10.9 Å². The van der Waals surface area contributed by atoms with Crippen LogP contribution in [0.4, 0.5) is 0 Å². The molecule has 1 fully saturated rings. The molecule has 112 valence electrons. The van der Waals surface area contributed by atoms with E-state index in [0.717, 1.165) is 0 Å². The molecule has 0 radical (unpaired) electrons. The summed E-state index contributed by atoms with van der Waals surface area (Å²) in [4.78, 5) is -0.0584. The Morgan fingerprint density at radius 3 is 2.50 bits per heavy atom. The molecule has 0 amide bonds. The number of nitrogens with zero attached hydrogens (tertiary/aromatic N) is 1. The summed E-state index contributed by atoms with van der Waals surface area (Å²) in [6.07, 6.45) is 0. The van der Waals surface area contributed by atoms with Crippen molar-refractivity contribution in [3.8, 4) is 0 Å². The average molecular weight is 468 g/mol. The minimum atomic E-state index is -3.76. The lowest BCUT2D eigenvalue weighted by molar-refractivity contribution is 0.0413. The third kappa shape index (κ3) is 3.34. The van der Waals surface area contributed by atoms with E-state index in [1.165, 1.54) is 16.4 Å². The Balaban J connectivity index is 2.49. The Kier molecular flexibility index (Phi) is 5.79. The minimum absolute atomic E-state index is 0.0584. The molecular weight excluding hydrogens is 457 g/mol. The third-order valence-corrected chi connectivity index (χ3v) is 6.96. The van der Waals surface area contributed by atoms with Crippen LogP contribution in [0.2, 0.25) is 10.0 Å². The summed E-state index contributed by atoms with van der Waals surface area (Å²) in [7, 11) is -3.76. The molecule has 0 bridgehead atoms. The van der Waals surface area contributed by atoms with Gasteiger partial charge in [0.2, 0.25) is 10.0 Å². The van der Waals surface area contributed by atoms with Crippen molar-refractivity contribution in [3.05, 3.63) is 26.7 Å². The summed E-state index contributed by atoms with van der Waals surface area (Å²) >= 11 is 18.7. The third-order valence-electron chi connectivity index (χ3n) is 2.88. The van der Waals surface area contributed by atoms with Crippen LogP contribution in [0.5, 0.6) is 0 Å². The number of halogens is 4. The van der Waals surface area contributed by atoms with E-state index in [0.29, 0.717) is 23.0 Å². The van der Waals surface area contributed by atoms with Crippen LogP contribution in [0.3, 0.4) is 0 Å². The van der Waals surface area contributed by atoms with Crippen molar-refractivity contribution in [2.24, 2.45) is 0 Å². The highest BCUT2D eigenvalue weighted by Gasteiger charge is 2.36. The fourth-order valence-corrected chi connectivity index (χ4v) is 6.18. The first kappa shape index (κ1) is 17.0. The molecule has 0 N–H and O–H groups in total. The summed E-state index contributed by atoms with van der Waals surface area (Å²) in [5, 5.41) is 0.686. The van der Waals surface area contributed by atoms with Crippen LogP contribution in [0.1, 0.15) is 0 Å². The molecule has 0 aliphatic carbocycles. The second-order valence-electron chi connectivity index (χ2n) is 4.20. The van der Waals surface area contributed by atoms with Gasteiger partial charge in [-0.2, -0.15) is 4.31 Å². The van der Waals surface area contributed by atoms with Gasteiger partial charge in [-0.3, -0.25) is 0 Å². The molecule has 1 aliphatic rings. The maximum atomic E-state index is 12.8. The lowest BCUT2D eigenvalue weighted by Crippen LogP contribution is -2.49. The van der Waals surface area contributed by atoms with Crippen molar-refractivity contribution in [1.29, 1.82) is 0 Å². The number of alkyl halides is 1. The fourth-order valence-electron chi connectivity index (χ4n) is 1.97. The molecule has 1 heterocycles. The van der Waals surface area contributed by atoms with Crippen molar-refractivity contribution in [2.75, 3.05) is 25.1 Å². The number of morpholine rings is 1. The molecule has 2 rings (SSSR count). The van der Waals surface area contributed by atoms with Gasteiger partial charge in [0.15, 0.2) is 0 Å². The van der Waals surface area contributed by atoms with Gasteiger partial charge < -0.3 is 4.74 Å². The molecular formula is C11H11Br2Cl2NO3S. The molecule has 1 saturated heterocycles. The SMILES string of the molecule is O=S(=O)(c1c(Cl)cc(Br)cc1Cl)N1CCOCC1CBr. The summed E-state index contributed by atoms with van der Waals surface area (Å²) in [6.45, 7) is 0.978. The molecule has 1 atom stereocenters. The van der Waals surface area contributed by atoms with Gasteiger partial charge in [-0.1, -0.05) is 55.1 Å². The topological polar surface area (TPSA) is 46.6 Å². The van der Waals surface area contributed by atoms with E-state index in [1.807, 2.05) is 0 Å². The molecule has 1 aromatic rings. The highest BCUT2D eigenvalue weighted by Crippen LogP contribution is 2.35. The molecule has 1 aliphatic heterocycles. The zero-order valence-electron chi connectivity index (χ0n) is 10.2. The van der Waals surface area contributed by atoms with Gasteiger partial charge in [-0.15, -0.1) is 0 Å². The number of benzene rings is 1. The van der Waals surface area contributed by atoms with Crippen molar-refractivity contribution < 1.29 is 13.2 Å². The predicted molar refractivity (Wildman–Crippen MR) is 86.5 cm³/mol. The van der Waals surface area contributed by atoms with E-state index < -0.39 is 10.0 Å². The van der Waals surface area contributed by atoms with E-state index in [1.54, 1.807) is 0 Å². The minimum Gasteiger partial charge on any atom is -0.378 e. The van der Waals surface area contributed by atoms with E-state index in [4.69, 9.17) is 27.9 Å². The van der Waals surface area contributed by atoms with E-state index in [2.05, 4.69) is 31.9 Å². The van der Waals surface area contributed by atoms with Crippen LogP contribution in [0.15, 0.2) is 21.5 Å². The fraction of sp³-hybridized carbons (Fsp3) is 0.455. The number of sulfonamides is 1. The maximum Gasteiger partial charge on any atom is 0.246 e. The Hall–Kier alpha value is 0.630.